The van der Waals surface area contributed by atoms with Gasteiger partial charge in [0.1, 0.15) is 12.7 Å². The molecule has 8 nitrogen and oxygen atoms in total. The second-order valence-corrected chi connectivity index (χ2v) is 6.34. The molecular weight excluding hydrogens is 406 g/mol. The minimum atomic E-state index is -2.95. The molecule has 0 aliphatic heterocycles. The van der Waals surface area contributed by atoms with Crippen molar-refractivity contribution in [2.45, 2.75) is 26.6 Å². The maximum atomic E-state index is 12.9. The Labute approximate surface area is 178 Å². The first-order valence-corrected chi connectivity index (χ1v) is 9.68. The van der Waals surface area contributed by atoms with Crippen LogP contribution in [-0.4, -0.2) is 41.0 Å². The number of hydrogen-bond donors (Lipinski definition) is 2. The number of nitrogens with zero attached hydrogens (tertiary/aromatic N) is 4. The molecule has 0 saturated carbocycles. The second-order valence-electron chi connectivity index (χ2n) is 6.34. The predicted octanol–water partition coefficient (Wildman–Crippen LogP) is 3.13. The monoisotopic (exact) mass is 430 g/mol. The Kier molecular flexibility index (Phi) is 7.74. The van der Waals surface area contributed by atoms with E-state index in [0.717, 1.165) is 11.3 Å². The lowest BCUT2D eigenvalue weighted by Crippen LogP contribution is -2.36. The van der Waals surface area contributed by atoms with E-state index in [0.29, 0.717) is 24.7 Å². The molecule has 31 heavy (non-hydrogen) atoms. The van der Waals surface area contributed by atoms with Crippen molar-refractivity contribution in [1.82, 2.24) is 25.4 Å². The zero-order valence-electron chi connectivity index (χ0n) is 17.3. The number of halogens is 2. The lowest BCUT2D eigenvalue weighted by Gasteiger charge is -2.17. The molecule has 0 fully saturated rings. The third-order valence-corrected chi connectivity index (χ3v) is 4.32. The fraction of sp³-hybridized carbons (Fsp3) is 0.286. The Morgan fingerprint density at radius 2 is 1.90 bits per heavy atom. The number of hydrogen-bond acceptors (Lipinski definition) is 5. The average Bonchev–Trinajstić information content (AvgIpc) is 3.31. The molecule has 1 aromatic heterocycles. The first-order valence-electron chi connectivity index (χ1n) is 9.68. The van der Waals surface area contributed by atoms with Crippen molar-refractivity contribution < 1.29 is 18.3 Å². The molecule has 0 aliphatic rings. The first kappa shape index (κ1) is 22.0. The highest BCUT2D eigenvalue weighted by atomic mass is 19.3. The molecule has 2 aromatic carbocycles. The molecule has 0 aliphatic carbocycles. The third kappa shape index (κ3) is 6.14. The van der Waals surface area contributed by atoms with Gasteiger partial charge in [0.25, 0.3) is 0 Å². The number of nitrogens with one attached hydrogen (secondary N) is 2. The maximum Gasteiger partial charge on any atom is 0.387 e. The molecule has 3 aromatic rings. The van der Waals surface area contributed by atoms with E-state index in [1.807, 2.05) is 24.3 Å². The van der Waals surface area contributed by atoms with E-state index in [1.165, 1.54) is 6.33 Å². The fourth-order valence-corrected chi connectivity index (χ4v) is 2.89. The number of alkyl halides is 2. The molecule has 10 heteroatoms. The van der Waals surface area contributed by atoms with Gasteiger partial charge in [0.05, 0.1) is 12.3 Å². The van der Waals surface area contributed by atoms with E-state index < -0.39 is 6.61 Å². The van der Waals surface area contributed by atoms with E-state index in [2.05, 4.69) is 25.7 Å². The number of rotatable bonds is 9. The molecule has 0 atom stereocenters. The molecular formula is C21H24F2N6O2. The topological polar surface area (TPSA) is 85.6 Å². The number of para-hydroxylation sites is 1. The van der Waals surface area contributed by atoms with Crippen LogP contribution in [0.25, 0.3) is 5.69 Å². The largest absolute Gasteiger partial charge is 0.490 e. The third-order valence-electron chi connectivity index (χ3n) is 4.32. The summed E-state index contributed by atoms with van der Waals surface area (Å²) in [5.74, 6) is 0.814. The molecule has 0 unspecified atom stereocenters. The van der Waals surface area contributed by atoms with Crippen molar-refractivity contribution >= 4 is 5.96 Å². The molecule has 0 radical (unpaired) electrons. The summed E-state index contributed by atoms with van der Waals surface area (Å²) in [6.07, 6.45) is 3.11. The normalized spacial score (nSPS) is 11.5. The average molecular weight is 430 g/mol. The second kappa shape index (κ2) is 10.9. The van der Waals surface area contributed by atoms with Crippen molar-refractivity contribution in [3.63, 3.8) is 0 Å². The smallest absolute Gasteiger partial charge is 0.387 e. The summed E-state index contributed by atoms with van der Waals surface area (Å²) in [5.41, 5.74) is 2.47. The molecule has 3 rings (SSSR count). The van der Waals surface area contributed by atoms with Crippen LogP contribution in [0.2, 0.25) is 0 Å². The van der Waals surface area contributed by atoms with Gasteiger partial charge in [-0.1, -0.05) is 24.3 Å². The molecule has 2 N–H and O–H groups in total. The van der Waals surface area contributed by atoms with Crippen LogP contribution in [0.4, 0.5) is 8.78 Å². The van der Waals surface area contributed by atoms with Gasteiger partial charge in [0.2, 0.25) is 0 Å². The molecule has 0 spiro atoms. The minimum absolute atomic E-state index is 0.0194. The summed E-state index contributed by atoms with van der Waals surface area (Å²) in [5, 5.41) is 10.4. The van der Waals surface area contributed by atoms with Crippen LogP contribution in [-0.2, 0) is 13.1 Å². The van der Waals surface area contributed by atoms with Gasteiger partial charge in [-0.2, -0.15) is 13.9 Å². The summed E-state index contributed by atoms with van der Waals surface area (Å²) in [6, 6.07) is 12.8. The van der Waals surface area contributed by atoms with Crippen LogP contribution in [0.5, 0.6) is 11.5 Å². The maximum absolute atomic E-state index is 12.9. The summed E-state index contributed by atoms with van der Waals surface area (Å²) in [6.45, 7) is -0.0698. The number of aromatic nitrogens is 3. The molecule has 1 heterocycles. The van der Waals surface area contributed by atoms with Gasteiger partial charge in [0.15, 0.2) is 17.5 Å². The lowest BCUT2D eigenvalue weighted by molar-refractivity contribution is -0.0520. The van der Waals surface area contributed by atoms with Crippen molar-refractivity contribution in [3.8, 4) is 17.2 Å². The summed E-state index contributed by atoms with van der Waals surface area (Å²) < 4.78 is 37.5. The zero-order chi connectivity index (χ0) is 22.1. The van der Waals surface area contributed by atoms with E-state index in [1.54, 1.807) is 43.2 Å². The van der Waals surface area contributed by atoms with Crippen LogP contribution >= 0.6 is 0 Å². The van der Waals surface area contributed by atoms with E-state index in [4.69, 9.17) is 9.47 Å². The SMILES string of the molecule is CCOc1cccc(CNC(=NC)NCc2ccc(-n3cncn3)cc2)c1OC(F)F. The predicted molar refractivity (Wildman–Crippen MR) is 113 cm³/mol. The standard InChI is InChI=1S/C21H24F2N6O2/c1-3-30-18-6-4-5-16(19(18)31-20(22)23)12-27-21(24-2)26-11-15-7-9-17(10-8-15)29-14-25-13-28-29/h4-10,13-14,20H,3,11-12H2,1-2H3,(H2,24,26,27). The first-order chi connectivity index (χ1) is 15.1. The van der Waals surface area contributed by atoms with Crippen molar-refractivity contribution in [3.05, 3.63) is 66.2 Å². The van der Waals surface area contributed by atoms with Gasteiger partial charge in [-0.05, 0) is 30.7 Å². The Balaban J connectivity index is 1.60. The fourth-order valence-electron chi connectivity index (χ4n) is 2.89. The summed E-state index contributed by atoms with van der Waals surface area (Å²) in [7, 11) is 1.64. The van der Waals surface area contributed by atoms with Crippen LogP contribution < -0.4 is 20.1 Å². The van der Waals surface area contributed by atoms with Crippen molar-refractivity contribution in [2.75, 3.05) is 13.7 Å². The van der Waals surface area contributed by atoms with Gasteiger partial charge < -0.3 is 20.1 Å². The Morgan fingerprint density at radius 3 is 2.55 bits per heavy atom. The number of ether oxygens (including phenoxy) is 2. The number of guanidine groups is 1. The van der Waals surface area contributed by atoms with Crippen LogP contribution in [0.3, 0.4) is 0 Å². The highest BCUT2D eigenvalue weighted by Gasteiger charge is 2.16. The van der Waals surface area contributed by atoms with Crippen LogP contribution in [0, 0.1) is 0 Å². The molecule has 0 amide bonds. The molecule has 164 valence electrons. The van der Waals surface area contributed by atoms with Gasteiger partial charge >= 0.3 is 6.61 Å². The Hall–Kier alpha value is -3.69. The van der Waals surface area contributed by atoms with Gasteiger partial charge in [-0.25, -0.2) is 9.67 Å². The van der Waals surface area contributed by atoms with Crippen LogP contribution in [0.15, 0.2) is 60.1 Å². The van der Waals surface area contributed by atoms with Crippen molar-refractivity contribution in [2.24, 2.45) is 4.99 Å². The quantitative estimate of drug-likeness (QED) is 0.401. The minimum Gasteiger partial charge on any atom is -0.490 e. The zero-order valence-corrected chi connectivity index (χ0v) is 17.3. The Morgan fingerprint density at radius 1 is 1.13 bits per heavy atom. The molecule has 0 saturated heterocycles. The van der Waals surface area contributed by atoms with Gasteiger partial charge in [-0.3, -0.25) is 4.99 Å². The Bertz CT molecular complexity index is 978. The van der Waals surface area contributed by atoms with E-state index in [9.17, 15) is 8.78 Å². The number of benzene rings is 2. The highest BCUT2D eigenvalue weighted by Crippen LogP contribution is 2.32. The van der Waals surface area contributed by atoms with Crippen LogP contribution in [0.1, 0.15) is 18.1 Å². The highest BCUT2D eigenvalue weighted by molar-refractivity contribution is 5.79. The molecule has 0 bridgehead atoms. The van der Waals surface area contributed by atoms with Crippen molar-refractivity contribution in [1.29, 1.82) is 0 Å². The summed E-state index contributed by atoms with van der Waals surface area (Å²) in [4.78, 5) is 8.11. The van der Waals surface area contributed by atoms with Gasteiger partial charge in [-0.15, -0.1) is 0 Å². The van der Waals surface area contributed by atoms with E-state index in [-0.39, 0.29) is 18.0 Å². The lowest BCUT2D eigenvalue weighted by atomic mass is 10.2. The number of aliphatic imine (C=N–C) groups is 1. The van der Waals surface area contributed by atoms with E-state index >= 15 is 0 Å². The summed E-state index contributed by atoms with van der Waals surface area (Å²) >= 11 is 0. The van der Waals surface area contributed by atoms with Gasteiger partial charge in [0, 0.05) is 25.7 Å².